The van der Waals surface area contributed by atoms with E-state index in [0.29, 0.717) is 23.4 Å². The van der Waals surface area contributed by atoms with Crippen molar-refractivity contribution in [3.63, 3.8) is 0 Å². The second-order valence-corrected chi connectivity index (χ2v) is 12.4. The molecule has 2 unspecified atom stereocenters. The van der Waals surface area contributed by atoms with Crippen LogP contribution in [0.15, 0.2) is 132 Å². The minimum Gasteiger partial charge on any atom is -1.00 e. The number of carbonyl (C=O) groups is 1. The van der Waals surface area contributed by atoms with Crippen LogP contribution in [0.2, 0.25) is 0 Å². The highest BCUT2D eigenvalue weighted by Gasteiger charge is 2.42. The average Bonchev–Trinajstić information content (AvgIpc) is 3.80. The number of fused-ring (bicyclic) bond motifs is 4. The number of aliphatic carboxylic acids is 1. The molecule has 1 aliphatic heterocycles. The van der Waals surface area contributed by atoms with Crippen LogP contribution in [0.3, 0.4) is 0 Å². The summed E-state index contributed by atoms with van der Waals surface area (Å²) in [6.45, 7) is -0.159. The molecule has 1 aliphatic carbocycles. The van der Waals surface area contributed by atoms with Crippen LogP contribution in [-0.4, -0.2) is 17.1 Å². The van der Waals surface area contributed by atoms with Gasteiger partial charge in [-0.2, -0.15) is 0 Å². The van der Waals surface area contributed by atoms with Crippen LogP contribution < -0.4 is 26.4 Å². The molecule has 1 aromatic heterocycles. The van der Waals surface area contributed by atoms with Gasteiger partial charge in [0.25, 0.3) is 5.52 Å². The van der Waals surface area contributed by atoms with E-state index in [1.54, 1.807) is 4.57 Å². The third-order valence-electron chi connectivity index (χ3n) is 9.52. The lowest BCUT2D eigenvalue weighted by molar-refractivity contribution is -0.666. The Labute approximate surface area is 290 Å². The molecule has 0 amide bonds. The number of rotatable bonds is 8. The van der Waals surface area contributed by atoms with Crippen molar-refractivity contribution in [2.24, 2.45) is 0 Å². The largest absolute Gasteiger partial charge is 1.00 e. The molecule has 1 saturated carbocycles. The molecule has 6 heteroatoms. The Balaban J connectivity index is 0.00000364. The second kappa shape index (κ2) is 13.5. The van der Waals surface area contributed by atoms with Gasteiger partial charge in [0.2, 0.25) is 12.1 Å². The summed E-state index contributed by atoms with van der Waals surface area (Å²) < 4.78 is 7.75. The normalized spacial score (nSPS) is 16.5. The monoisotopic (exact) mass is 694 g/mol. The molecule has 5 nitrogen and oxygen atoms in total. The van der Waals surface area contributed by atoms with Gasteiger partial charge in [0.05, 0.1) is 6.08 Å². The zero-order valence-electron chi connectivity index (χ0n) is 26.4. The number of halogens is 1. The van der Waals surface area contributed by atoms with Crippen molar-refractivity contribution in [2.75, 3.05) is 4.90 Å². The summed E-state index contributed by atoms with van der Waals surface area (Å²) in [6, 6.07) is 44.8. The topological polar surface area (TPSA) is 57.6 Å². The number of hydrogen-bond donors (Lipinski definition) is 1. The molecule has 0 radical (unpaired) electrons. The first-order valence-corrected chi connectivity index (χ1v) is 16.3. The van der Waals surface area contributed by atoms with Gasteiger partial charge in [0, 0.05) is 29.4 Å². The summed E-state index contributed by atoms with van der Waals surface area (Å²) in [7, 11) is 0. The zero-order valence-corrected chi connectivity index (χ0v) is 28.0. The predicted molar refractivity (Wildman–Crippen MR) is 188 cm³/mol. The number of hydrogen-bond acceptors (Lipinski definition) is 3. The van der Waals surface area contributed by atoms with E-state index in [4.69, 9.17) is 4.42 Å². The van der Waals surface area contributed by atoms with Crippen molar-refractivity contribution >= 4 is 52.2 Å². The number of nitrogens with zero attached hydrogens (tertiary/aromatic N) is 2. The van der Waals surface area contributed by atoms with E-state index >= 15 is 0 Å². The number of anilines is 2. The van der Waals surface area contributed by atoms with Crippen LogP contribution in [0, 0.1) is 0 Å². The molecule has 2 aliphatic rings. The smallest absolute Gasteiger partial charge is 0.374 e. The number of carboxylic acid groups (broad SMARTS) is 1. The Kier molecular flexibility index (Phi) is 8.83. The van der Waals surface area contributed by atoms with E-state index < -0.39 is 5.97 Å². The van der Waals surface area contributed by atoms with E-state index in [9.17, 15) is 9.90 Å². The SMILES string of the molecule is O=C(O)C[n+]1c(/C=C/c2ccc3c(c2)C2CCCC2N3c2ccc(C=C(c3ccccc3)c3ccccc3)cc2)oc2ccccc21.[Br-]. The van der Waals surface area contributed by atoms with E-state index in [2.05, 4.69) is 114 Å². The lowest BCUT2D eigenvalue weighted by Gasteiger charge is -2.27. The highest BCUT2D eigenvalue weighted by molar-refractivity contribution is 5.91. The minimum absolute atomic E-state index is 0. The quantitative estimate of drug-likeness (QED) is 0.149. The van der Waals surface area contributed by atoms with Crippen molar-refractivity contribution < 1.29 is 35.9 Å². The zero-order chi connectivity index (χ0) is 31.7. The van der Waals surface area contributed by atoms with Crippen LogP contribution in [0.5, 0.6) is 0 Å². The molecule has 0 bridgehead atoms. The summed E-state index contributed by atoms with van der Waals surface area (Å²) in [5.41, 5.74) is 11.2. The fourth-order valence-corrected chi connectivity index (χ4v) is 7.42. The lowest BCUT2D eigenvalue weighted by atomic mass is 9.95. The molecule has 48 heavy (non-hydrogen) atoms. The van der Waals surface area contributed by atoms with Crippen LogP contribution in [0.4, 0.5) is 11.4 Å². The molecule has 2 atom stereocenters. The number of para-hydroxylation sites is 2. The third kappa shape index (κ3) is 6.00. The van der Waals surface area contributed by atoms with Gasteiger partial charge >= 0.3 is 11.9 Å². The summed E-state index contributed by atoms with van der Waals surface area (Å²) in [6.07, 6.45) is 9.77. The van der Waals surface area contributed by atoms with Crippen molar-refractivity contribution in [1.29, 1.82) is 0 Å². The van der Waals surface area contributed by atoms with Gasteiger partial charge < -0.3 is 31.4 Å². The molecule has 0 spiro atoms. The summed E-state index contributed by atoms with van der Waals surface area (Å²) in [5.74, 6) is 0.105. The molecule has 6 aromatic rings. The van der Waals surface area contributed by atoms with Gasteiger partial charge in [0.1, 0.15) is 0 Å². The van der Waals surface area contributed by atoms with Gasteiger partial charge in [-0.25, -0.2) is 4.79 Å². The molecule has 5 aromatic carbocycles. The fourth-order valence-electron chi connectivity index (χ4n) is 7.42. The maximum Gasteiger partial charge on any atom is 0.374 e. The molecular formula is C42H35BrN2O3. The van der Waals surface area contributed by atoms with Gasteiger partial charge in [-0.15, -0.1) is 4.57 Å². The van der Waals surface area contributed by atoms with E-state index in [1.165, 1.54) is 58.5 Å². The highest BCUT2D eigenvalue weighted by atomic mass is 79.9. The first kappa shape index (κ1) is 31.4. The maximum absolute atomic E-state index is 11.6. The van der Waals surface area contributed by atoms with Gasteiger partial charge in [-0.1, -0.05) is 97.4 Å². The number of carboxylic acids is 1. The maximum atomic E-state index is 11.6. The average molecular weight is 696 g/mol. The van der Waals surface area contributed by atoms with Gasteiger partial charge in [-0.05, 0) is 88.7 Å². The fraction of sp³-hybridized carbons (Fsp3) is 0.143. The van der Waals surface area contributed by atoms with Crippen molar-refractivity contribution in [3.05, 3.63) is 161 Å². The number of aromatic nitrogens is 1. The summed E-state index contributed by atoms with van der Waals surface area (Å²) in [5, 5.41) is 9.52. The molecule has 1 fully saturated rings. The molecule has 238 valence electrons. The van der Waals surface area contributed by atoms with E-state index in [-0.39, 0.29) is 23.5 Å². The van der Waals surface area contributed by atoms with Crippen molar-refractivity contribution in [2.45, 2.75) is 37.8 Å². The van der Waals surface area contributed by atoms with Crippen molar-refractivity contribution in [1.82, 2.24) is 0 Å². The number of oxazole rings is 1. The van der Waals surface area contributed by atoms with E-state index in [1.807, 2.05) is 36.4 Å². The Bertz CT molecular complexity index is 2090. The Morgan fingerprint density at radius 1 is 0.792 bits per heavy atom. The van der Waals surface area contributed by atoms with Crippen molar-refractivity contribution in [3.8, 4) is 0 Å². The molecule has 0 saturated heterocycles. The Hall–Kier alpha value is -5.20. The Morgan fingerprint density at radius 3 is 2.17 bits per heavy atom. The molecule has 2 heterocycles. The van der Waals surface area contributed by atoms with Crippen LogP contribution >= 0.6 is 0 Å². The van der Waals surface area contributed by atoms with Gasteiger partial charge in [0.15, 0.2) is 0 Å². The number of benzene rings is 5. The van der Waals surface area contributed by atoms with Crippen LogP contribution in [0.25, 0.3) is 34.9 Å². The van der Waals surface area contributed by atoms with Crippen LogP contribution in [-0.2, 0) is 11.3 Å². The standard InChI is InChI=1S/C42H34N2O3.BrH/c45-42(46)28-43-39-15-7-8-17-40(39)47-41(43)25-21-30-20-24-38-36(27-30)34-14-9-16-37(34)44(38)33-22-18-29(19-23-33)26-35(31-10-3-1-4-11-31)32-12-5-2-6-13-32;/h1-8,10-13,15,17-27,34,37H,9,14,16,28H2;1H. The first-order valence-electron chi connectivity index (χ1n) is 16.3. The predicted octanol–water partition coefficient (Wildman–Crippen LogP) is 6.36. The molecular weight excluding hydrogens is 660 g/mol. The minimum atomic E-state index is -0.905. The molecule has 8 rings (SSSR count). The summed E-state index contributed by atoms with van der Waals surface area (Å²) >= 11 is 0. The second-order valence-electron chi connectivity index (χ2n) is 12.4. The van der Waals surface area contributed by atoms with E-state index in [0.717, 1.165) is 11.1 Å². The summed E-state index contributed by atoms with van der Waals surface area (Å²) in [4.78, 5) is 14.2. The van der Waals surface area contributed by atoms with Crippen LogP contribution in [0.1, 0.15) is 58.9 Å². The van der Waals surface area contributed by atoms with Gasteiger partial charge in [-0.3, -0.25) is 0 Å². The lowest BCUT2D eigenvalue weighted by Crippen LogP contribution is -3.00. The Morgan fingerprint density at radius 2 is 1.46 bits per heavy atom. The highest BCUT2D eigenvalue weighted by Crippen LogP contribution is 2.52. The third-order valence-corrected chi connectivity index (χ3v) is 9.52. The molecule has 1 N–H and O–H groups in total. The first-order chi connectivity index (χ1) is 23.1.